The molecule has 12 amide bonds. The fourth-order valence-electron chi connectivity index (χ4n) is 18.0. The summed E-state index contributed by atoms with van der Waals surface area (Å²) in [6, 6.07) is -9.64. The van der Waals surface area contributed by atoms with E-state index in [0.29, 0.717) is 44.4 Å². The largest absolute Gasteiger partial charge is 0.377 e. The Morgan fingerprint density at radius 1 is 0.676 bits per heavy atom. The van der Waals surface area contributed by atoms with Gasteiger partial charge < -0.3 is 64.8 Å². The average Bonchev–Trinajstić information content (AvgIpc) is 1.27. The van der Waals surface area contributed by atoms with Crippen LogP contribution >= 0.6 is 11.8 Å². The molecule has 3 aliphatic carbocycles. The normalized spacial score (nSPS) is 33.0. The zero-order chi connectivity index (χ0) is 77.9. The molecule has 0 aromatic carbocycles. The minimum absolute atomic E-state index is 0.0349. The Hall–Kier alpha value is -6.38. The van der Waals surface area contributed by atoms with Gasteiger partial charge in [-0.2, -0.15) is 0 Å². The quantitative estimate of drug-likeness (QED) is 0.145. The van der Waals surface area contributed by atoms with Crippen LogP contribution in [0.3, 0.4) is 0 Å². The number of likely N-dealkylation sites (N-methyl/N-ethyl adjacent to an activating group) is 7. The van der Waals surface area contributed by atoms with E-state index in [4.69, 9.17) is 4.74 Å². The standard InChI is InChI=1S/C78H129FN12O13S/c1-19-27-56-68(95)81-65(48(7)20-2)74(101)85(14)44-64(94)87(16)57-28-25-24-26-37-90(73(57)100)60(39-51-31-29-47(6)30-32-51)72(99)84(13)43-62(92)80-55(35-33-50-34-36-61-54(38-50)49(8)67(79)105-61)70(97)91-42-53(104-23-5)40-58(91)69(96)82-78(45-77(9,10)46-78)76(103)89(18)66(52(21-3)22-4)75(102)88(17)59(71(98)83(11)12)41-63(93)86(56)15/h24-25,47-61,65-67H,19-23,26-46H2,1-18H3,(H,80,92)(H,81,95)(H,82,96)/b25-24-/t47?,48-,49?,50?,51?,53+,54?,55-,56-,57-,58-,59-,60-,61?,65-,66-,67?/m0/s1. The van der Waals surface area contributed by atoms with Crippen molar-refractivity contribution in [1.82, 2.24) is 60.0 Å². The first-order valence-corrected chi connectivity index (χ1v) is 40.3. The molecular formula is C78H129FN12O13S. The first-order valence-electron chi connectivity index (χ1n) is 39.3. The van der Waals surface area contributed by atoms with Gasteiger partial charge in [-0.05, 0) is 118 Å². The predicted molar refractivity (Wildman–Crippen MR) is 402 cm³/mol. The van der Waals surface area contributed by atoms with Crippen molar-refractivity contribution in [3.05, 3.63) is 12.2 Å². The fourth-order valence-corrected chi connectivity index (χ4v) is 19.6. The second-order valence-corrected chi connectivity index (χ2v) is 34.5. The Kier molecular flexibility index (Phi) is 30.8. The van der Waals surface area contributed by atoms with Crippen LogP contribution < -0.4 is 16.0 Å². The van der Waals surface area contributed by atoms with Gasteiger partial charge in [-0.25, -0.2) is 4.39 Å². The molecule has 25 nitrogen and oxygen atoms in total. The lowest BCUT2D eigenvalue weighted by molar-refractivity contribution is -0.161. The van der Waals surface area contributed by atoms with E-state index >= 15 is 38.0 Å². The Balaban J connectivity index is 1.33. The van der Waals surface area contributed by atoms with Crippen LogP contribution in [0.25, 0.3) is 0 Å². The molecule has 15 atom stereocenters. The van der Waals surface area contributed by atoms with E-state index in [1.807, 2.05) is 67.5 Å². The van der Waals surface area contributed by atoms with E-state index in [-0.39, 0.29) is 93.6 Å². The maximum atomic E-state index is 15.8. The van der Waals surface area contributed by atoms with Crippen LogP contribution in [0, 0.1) is 46.8 Å². The van der Waals surface area contributed by atoms with E-state index in [1.165, 1.54) is 107 Å². The van der Waals surface area contributed by atoms with Crippen molar-refractivity contribution in [3.8, 4) is 0 Å². The summed E-state index contributed by atoms with van der Waals surface area (Å²) in [4.78, 5) is 194. The van der Waals surface area contributed by atoms with Gasteiger partial charge in [0.05, 0.1) is 25.6 Å². The molecule has 592 valence electrons. The third kappa shape index (κ3) is 20.5. The number of amides is 12. The zero-order valence-electron chi connectivity index (χ0n) is 66.6. The SMILES string of the molecule is CCC[C@H]1C(=O)N[C@@H]([C@@H](C)CC)C(=O)N(C)CC(=O)N(C)[C@H]2C/C=C\CCN(C2=O)[C@@H](CC2CCC(C)CC2)C(=O)N(C)CC(=O)N[C@@H](CCC2CCC3SC(F)C(C)C3C2)C(=O)N2C[C@H](OCC)C[C@H]2C(=O)NC2(CC(C)(C)C2)C(=O)N(C)[C@@H](C(CC)CC)C(=O)N(C)[C@H](C(=O)N(C)C)CC(=O)N1C. The summed E-state index contributed by atoms with van der Waals surface area (Å²) in [6.45, 7) is 18.5. The maximum absolute atomic E-state index is 15.8. The van der Waals surface area contributed by atoms with E-state index in [2.05, 4.69) is 22.9 Å². The Labute approximate surface area is 629 Å². The molecule has 0 aromatic heterocycles. The number of fused-ring (bicyclic) bond motifs is 4. The highest BCUT2D eigenvalue weighted by Gasteiger charge is 2.59. The monoisotopic (exact) mass is 1490 g/mol. The fraction of sp³-hybridized carbons (Fsp3) is 0.821. The smallest absolute Gasteiger partial charge is 0.248 e. The van der Waals surface area contributed by atoms with E-state index in [1.54, 1.807) is 11.8 Å². The number of hydrogen-bond donors (Lipinski definition) is 3. The minimum Gasteiger partial charge on any atom is -0.377 e. The second kappa shape index (κ2) is 37.6. The van der Waals surface area contributed by atoms with Crippen LogP contribution in [-0.4, -0.2) is 275 Å². The summed E-state index contributed by atoms with van der Waals surface area (Å²) >= 11 is 1.39. The molecule has 1 spiro atoms. The molecule has 5 unspecified atom stereocenters. The van der Waals surface area contributed by atoms with Crippen molar-refractivity contribution in [1.29, 1.82) is 0 Å². The molecule has 6 fully saturated rings. The minimum atomic E-state index is -1.60. The Morgan fingerprint density at radius 2 is 1.32 bits per heavy atom. The summed E-state index contributed by atoms with van der Waals surface area (Å²) in [5, 5.41) is 9.29. The lowest BCUT2D eigenvalue weighted by Gasteiger charge is -2.54. The first kappa shape index (κ1) is 85.9. The lowest BCUT2D eigenvalue weighted by atomic mass is 9.58. The lowest BCUT2D eigenvalue weighted by Crippen LogP contribution is -2.71. The molecule has 0 aromatic rings. The van der Waals surface area contributed by atoms with Crippen molar-refractivity contribution < 1.29 is 66.7 Å². The summed E-state index contributed by atoms with van der Waals surface area (Å²) in [7, 11) is 11.8. The second-order valence-electron chi connectivity index (χ2n) is 33.2. The number of nitrogens with one attached hydrogen (secondary N) is 3. The average molecular weight is 1490 g/mol. The predicted octanol–water partition coefficient (Wildman–Crippen LogP) is 6.64. The molecule has 3 N–H and O–H groups in total. The van der Waals surface area contributed by atoms with Gasteiger partial charge in [-0.1, -0.05) is 126 Å². The molecule has 7 aliphatic rings. The molecule has 4 aliphatic heterocycles. The van der Waals surface area contributed by atoms with Gasteiger partial charge in [0.1, 0.15) is 59.4 Å². The number of thioether (sulfide) groups is 1. The van der Waals surface area contributed by atoms with Crippen molar-refractivity contribution in [2.24, 2.45) is 46.8 Å². The van der Waals surface area contributed by atoms with Crippen LogP contribution in [0.15, 0.2) is 12.2 Å². The van der Waals surface area contributed by atoms with Crippen LogP contribution in [0.1, 0.15) is 204 Å². The number of ether oxygens (including phenoxy) is 1. The highest BCUT2D eigenvalue weighted by atomic mass is 32.2. The number of carbonyl (C=O) groups is 12. The Bertz CT molecular complexity index is 3120. The van der Waals surface area contributed by atoms with Gasteiger partial charge in [0, 0.05) is 93.7 Å². The number of nitrogens with zero attached hydrogens (tertiary/aromatic N) is 9. The van der Waals surface area contributed by atoms with Gasteiger partial charge in [0.2, 0.25) is 70.9 Å². The van der Waals surface area contributed by atoms with Gasteiger partial charge in [0.15, 0.2) is 0 Å². The van der Waals surface area contributed by atoms with Crippen LogP contribution in [0.5, 0.6) is 0 Å². The molecular weight excluding hydrogens is 1360 g/mol. The summed E-state index contributed by atoms with van der Waals surface area (Å²) in [5.74, 6) is -7.58. The van der Waals surface area contributed by atoms with Gasteiger partial charge in [-0.15, -0.1) is 11.8 Å². The number of alkyl halides is 1. The third-order valence-electron chi connectivity index (χ3n) is 24.7. The molecule has 3 saturated heterocycles. The van der Waals surface area contributed by atoms with E-state index in [0.717, 1.165) is 44.9 Å². The van der Waals surface area contributed by atoms with E-state index < -0.39 is 173 Å². The van der Waals surface area contributed by atoms with Crippen molar-refractivity contribution in [2.75, 3.05) is 89.2 Å². The summed E-state index contributed by atoms with van der Waals surface area (Å²) < 4.78 is 21.4. The number of carbonyl (C=O) groups excluding carboxylic acids is 12. The number of hydrogen-bond acceptors (Lipinski definition) is 14. The topological polar surface area (TPSA) is 279 Å². The van der Waals surface area contributed by atoms with Gasteiger partial charge >= 0.3 is 0 Å². The molecule has 2 bridgehead atoms. The van der Waals surface area contributed by atoms with Gasteiger partial charge in [-0.3, -0.25) is 57.5 Å². The molecule has 4 heterocycles. The van der Waals surface area contributed by atoms with Crippen LogP contribution in [0.4, 0.5) is 4.39 Å². The Morgan fingerprint density at radius 3 is 1.93 bits per heavy atom. The van der Waals surface area contributed by atoms with Gasteiger partial charge in [0.25, 0.3) is 0 Å². The third-order valence-corrected chi connectivity index (χ3v) is 26.3. The molecule has 105 heavy (non-hydrogen) atoms. The maximum Gasteiger partial charge on any atom is 0.248 e. The molecule has 3 saturated carbocycles. The van der Waals surface area contributed by atoms with E-state index in [9.17, 15) is 24.0 Å². The first-order chi connectivity index (χ1) is 49.5. The highest BCUT2D eigenvalue weighted by molar-refractivity contribution is 8.00. The van der Waals surface area contributed by atoms with Crippen molar-refractivity contribution in [3.63, 3.8) is 0 Å². The molecule has 27 heteroatoms. The number of rotatable bonds is 15. The van der Waals surface area contributed by atoms with Crippen molar-refractivity contribution in [2.45, 2.75) is 275 Å². The van der Waals surface area contributed by atoms with Crippen molar-refractivity contribution >= 4 is 82.6 Å². The number of halogens is 1. The zero-order valence-corrected chi connectivity index (χ0v) is 67.4. The highest BCUT2D eigenvalue weighted by Crippen LogP contribution is 2.53. The van der Waals surface area contributed by atoms with Crippen LogP contribution in [0.2, 0.25) is 0 Å². The molecule has 7 rings (SSSR count). The summed E-state index contributed by atoms with van der Waals surface area (Å²) in [6.07, 6.45) is 11.9. The summed E-state index contributed by atoms with van der Waals surface area (Å²) in [5.41, 5.74) is -3.05. The molecule has 0 radical (unpaired) electrons. The van der Waals surface area contributed by atoms with Crippen LogP contribution in [-0.2, 0) is 62.3 Å².